The summed E-state index contributed by atoms with van der Waals surface area (Å²) < 4.78 is 4.22. The Balaban J connectivity index is 2.21. The van der Waals surface area contributed by atoms with E-state index in [1.165, 1.54) is 30.8 Å². The van der Waals surface area contributed by atoms with Crippen LogP contribution in [0.3, 0.4) is 0 Å². The summed E-state index contributed by atoms with van der Waals surface area (Å²) in [6.45, 7) is 4.09. The molecule has 15 heavy (non-hydrogen) atoms. The SMILES string of the molecule is CCC1(Nc2snc(C)c2C#N)CCC1. The Hall–Kier alpha value is -1.08. The molecule has 1 aromatic rings. The standard InChI is InChI=1S/C11H15N3S/c1-3-11(5-4-6-11)13-10-9(7-12)8(2)14-15-10/h13H,3-6H2,1-2H3. The second kappa shape index (κ2) is 3.82. The molecule has 1 aromatic heterocycles. The average molecular weight is 221 g/mol. The van der Waals surface area contributed by atoms with Gasteiger partial charge < -0.3 is 5.32 Å². The molecule has 0 unspecified atom stereocenters. The molecule has 0 amide bonds. The first-order chi connectivity index (χ1) is 7.21. The van der Waals surface area contributed by atoms with Crippen molar-refractivity contribution in [3.63, 3.8) is 0 Å². The van der Waals surface area contributed by atoms with Gasteiger partial charge in [-0.3, -0.25) is 0 Å². The highest BCUT2D eigenvalue weighted by molar-refractivity contribution is 7.10. The first-order valence-electron chi connectivity index (χ1n) is 5.35. The Kier molecular flexibility index (Phi) is 2.66. The van der Waals surface area contributed by atoms with Crippen molar-refractivity contribution in [2.75, 3.05) is 5.32 Å². The molecule has 4 heteroatoms. The molecule has 0 radical (unpaired) electrons. The van der Waals surface area contributed by atoms with Gasteiger partial charge in [-0.1, -0.05) is 6.92 Å². The molecule has 1 fully saturated rings. The van der Waals surface area contributed by atoms with Crippen LogP contribution < -0.4 is 5.32 Å². The van der Waals surface area contributed by atoms with Gasteiger partial charge in [0.25, 0.3) is 0 Å². The Labute approximate surface area is 94.3 Å². The molecule has 1 N–H and O–H groups in total. The summed E-state index contributed by atoms with van der Waals surface area (Å²) in [5.74, 6) is 0. The summed E-state index contributed by atoms with van der Waals surface area (Å²) >= 11 is 1.41. The summed E-state index contributed by atoms with van der Waals surface area (Å²) in [4.78, 5) is 0. The lowest BCUT2D eigenvalue weighted by Gasteiger charge is -2.42. The molecule has 0 spiro atoms. The molecule has 1 heterocycles. The summed E-state index contributed by atoms with van der Waals surface area (Å²) in [5, 5.41) is 13.5. The van der Waals surface area contributed by atoms with Crippen molar-refractivity contribution in [3.8, 4) is 6.07 Å². The molecule has 2 rings (SSSR count). The minimum Gasteiger partial charge on any atom is -0.369 e. The lowest BCUT2D eigenvalue weighted by molar-refractivity contribution is 0.270. The molecule has 0 aliphatic heterocycles. The number of anilines is 1. The van der Waals surface area contributed by atoms with E-state index in [0.717, 1.165) is 22.7 Å². The van der Waals surface area contributed by atoms with E-state index in [1.807, 2.05) is 6.92 Å². The normalized spacial score (nSPS) is 17.9. The monoisotopic (exact) mass is 221 g/mol. The zero-order chi connectivity index (χ0) is 10.9. The molecule has 1 aliphatic carbocycles. The van der Waals surface area contributed by atoms with Gasteiger partial charge in [0.15, 0.2) is 0 Å². The summed E-state index contributed by atoms with van der Waals surface area (Å²) in [5.41, 5.74) is 1.81. The van der Waals surface area contributed by atoms with Gasteiger partial charge in [0.2, 0.25) is 0 Å². The van der Waals surface area contributed by atoms with Crippen LogP contribution in [0.15, 0.2) is 0 Å². The number of hydrogen-bond donors (Lipinski definition) is 1. The first kappa shape index (κ1) is 10.4. The maximum atomic E-state index is 9.03. The molecule has 0 aromatic carbocycles. The highest BCUT2D eigenvalue weighted by Gasteiger charge is 2.36. The van der Waals surface area contributed by atoms with Gasteiger partial charge in [0, 0.05) is 5.54 Å². The highest BCUT2D eigenvalue weighted by Crippen LogP contribution is 2.40. The lowest BCUT2D eigenvalue weighted by atomic mass is 9.75. The largest absolute Gasteiger partial charge is 0.369 e. The lowest BCUT2D eigenvalue weighted by Crippen LogP contribution is -2.44. The van der Waals surface area contributed by atoms with Crippen molar-refractivity contribution >= 4 is 16.5 Å². The molecule has 80 valence electrons. The summed E-state index contributed by atoms with van der Waals surface area (Å²) in [7, 11) is 0. The van der Waals surface area contributed by atoms with Crippen LogP contribution in [0.1, 0.15) is 43.9 Å². The number of aromatic nitrogens is 1. The highest BCUT2D eigenvalue weighted by atomic mass is 32.1. The smallest absolute Gasteiger partial charge is 0.128 e. The van der Waals surface area contributed by atoms with Crippen LogP contribution in [0.2, 0.25) is 0 Å². The van der Waals surface area contributed by atoms with Gasteiger partial charge >= 0.3 is 0 Å². The average Bonchev–Trinajstić information content (AvgIpc) is 2.53. The Morgan fingerprint density at radius 1 is 1.60 bits per heavy atom. The van der Waals surface area contributed by atoms with Gasteiger partial charge in [0.05, 0.1) is 5.69 Å². The van der Waals surface area contributed by atoms with E-state index < -0.39 is 0 Å². The van der Waals surface area contributed by atoms with E-state index in [9.17, 15) is 0 Å². The van der Waals surface area contributed by atoms with E-state index in [2.05, 4.69) is 22.7 Å². The van der Waals surface area contributed by atoms with Gasteiger partial charge in [-0.15, -0.1) is 0 Å². The van der Waals surface area contributed by atoms with Crippen LogP contribution in [-0.2, 0) is 0 Å². The van der Waals surface area contributed by atoms with Crippen LogP contribution in [0.5, 0.6) is 0 Å². The van der Waals surface area contributed by atoms with E-state index in [4.69, 9.17) is 5.26 Å². The van der Waals surface area contributed by atoms with E-state index in [0.29, 0.717) is 0 Å². The maximum absolute atomic E-state index is 9.03. The van der Waals surface area contributed by atoms with Crippen LogP contribution >= 0.6 is 11.5 Å². The number of nitrogens with one attached hydrogen (secondary N) is 1. The Bertz CT molecular complexity index is 393. The second-order valence-corrected chi connectivity index (χ2v) is 4.97. The van der Waals surface area contributed by atoms with Crippen LogP contribution in [0, 0.1) is 18.3 Å². The minimum atomic E-state index is 0.241. The Morgan fingerprint density at radius 3 is 2.80 bits per heavy atom. The van der Waals surface area contributed by atoms with E-state index in [-0.39, 0.29) is 5.54 Å². The van der Waals surface area contributed by atoms with E-state index >= 15 is 0 Å². The zero-order valence-electron chi connectivity index (χ0n) is 9.13. The molecule has 1 saturated carbocycles. The van der Waals surface area contributed by atoms with Crippen molar-refractivity contribution in [1.82, 2.24) is 4.37 Å². The van der Waals surface area contributed by atoms with Crippen molar-refractivity contribution < 1.29 is 0 Å². The molecule has 0 atom stereocenters. The van der Waals surface area contributed by atoms with Crippen LogP contribution in [0.25, 0.3) is 0 Å². The predicted octanol–water partition coefficient (Wildman–Crippen LogP) is 3.07. The third-order valence-corrected chi connectivity index (χ3v) is 4.19. The van der Waals surface area contributed by atoms with Crippen LogP contribution in [-0.4, -0.2) is 9.91 Å². The fourth-order valence-electron chi connectivity index (χ4n) is 2.00. The molecule has 3 nitrogen and oxygen atoms in total. The summed E-state index contributed by atoms with van der Waals surface area (Å²) in [6, 6.07) is 2.22. The molecular formula is C11H15N3S. The number of aryl methyl sites for hydroxylation is 1. The van der Waals surface area contributed by atoms with Gasteiger partial charge in [-0.25, -0.2) is 0 Å². The fraction of sp³-hybridized carbons (Fsp3) is 0.636. The minimum absolute atomic E-state index is 0.241. The van der Waals surface area contributed by atoms with Crippen molar-refractivity contribution in [2.24, 2.45) is 0 Å². The number of rotatable bonds is 3. The van der Waals surface area contributed by atoms with Crippen molar-refractivity contribution in [3.05, 3.63) is 11.3 Å². The topological polar surface area (TPSA) is 48.7 Å². The molecular weight excluding hydrogens is 206 g/mol. The summed E-state index contributed by atoms with van der Waals surface area (Å²) in [6.07, 6.45) is 4.84. The second-order valence-electron chi connectivity index (χ2n) is 4.20. The van der Waals surface area contributed by atoms with Gasteiger partial charge in [-0.2, -0.15) is 9.64 Å². The third kappa shape index (κ3) is 1.72. The maximum Gasteiger partial charge on any atom is 0.128 e. The Morgan fingerprint density at radius 2 is 2.33 bits per heavy atom. The van der Waals surface area contributed by atoms with E-state index in [1.54, 1.807) is 0 Å². The fourth-order valence-corrected chi connectivity index (χ4v) is 2.86. The number of nitrogens with zero attached hydrogens (tertiary/aromatic N) is 2. The first-order valence-corrected chi connectivity index (χ1v) is 6.13. The number of nitriles is 1. The third-order valence-electron chi connectivity index (χ3n) is 3.34. The molecule has 1 aliphatic rings. The zero-order valence-corrected chi connectivity index (χ0v) is 9.95. The predicted molar refractivity (Wildman–Crippen MR) is 62.1 cm³/mol. The van der Waals surface area contributed by atoms with Crippen LogP contribution in [0.4, 0.5) is 5.00 Å². The molecule has 0 bridgehead atoms. The quantitative estimate of drug-likeness (QED) is 0.853. The molecule has 0 saturated heterocycles. The van der Waals surface area contributed by atoms with Crippen molar-refractivity contribution in [2.45, 2.75) is 45.1 Å². The van der Waals surface area contributed by atoms with Gasteiger partial charge in [-0.05, 0) is 44.1 Å². The van der Waals surface area contributed by atoms with Crippen molar-refractivity contribution in [1.29, 1.82) is 5.26 Å². The number of hydrogen-bond acceptors (Lipinski definition) is 4. The van der Waals surface area contributed by atoms with Gasteiger partial charge in [0.1, 0.15) is 16.6 Å².